The van der Waals surface area contributed by atoms with Crippen molar-refractivity contribution in [3.05, 3.63) is 56.5 Å². The van der Waals surface area contributed by atoms with Crippen LogP contribution in [0.4, 0.5) is 13.2 Å². The highest BCUT2D eigenvalue weighted by atomic mass is 32.1. The van der Waals surface area contributed by atoms with E-state index in [0.29, 0.717) is 18.5 Å². The topological polar surface area (TPSA) is 51.0 Å². The van der Waals surface area contributed by atoms with E-state index in [-0.39, 0.29) is 17.3 Å². The van der Waals surface area contributed by atoms with Gasteiger partial charge in [-0.1, -0.05) is 12.1 Å². The average Bonchev–Trinajstić information content (AvgIpc) is 3.25. The zero-order valence-electron chi connectivity index (χ0n) is 15.2. The Hall–Kier alpha value is -2.26. The number of para-hydroxylation sites is 1. The molecule has 1 aliphatic rings. The van der Waals surface area contributed by atoms with Crippen LogP contribution in [-0.4, -0.2) is 32.2 Å². The third-order valence-electron chi connectivity index (χ3n) is 4.92. The van der Waals surface area contributed by atoms with Crippen molar-refractivity contribution in [2.24, 2.45) is 0 Å². The number of fused-ring (bicyclic) bond motifs is 1. The Balaban J connectivity index is 1.79. The van der Waals surface area contributed by atoms with Gasteiger partial charge in [0.05, 0.1) is 22.0 Å². The smallest absolute Gasteiger partial charge is 0.288 e. The predicted octanol–water partition coefficient (Wildman–Crippen LogP) is 4.06. The summed E-state index contributed by atoms with van der Waals surface area (Å²) >= 11 is 1.57. The molecule has 2 aromatic heterocycles. The summed E-state index contributed by atoms with van der Waals surface area (Å²) in [5, 5.41) is 1.15. The van der Waals surface area contributed by atoms with Crippen molar-refractivity contribution in [3.63, 3.8) is 0 Å². The van der Waals surface area contributed by atoms with Crippen LogP contribution in [0.15, 0.2) is 35.3 Å². The van der Waals surface area contributed by atoms with Crippen molar-refractivity contribution in [1.82, 2.24) is 19.4 Å². The van der Waals surface area contributed by atoms with E-state index in [1.54, 1.807) is 35.7 Å². The fourth-order valence-corrected chi connectivity index (χ4v) is 4.58. The zero-order chi connectivity index (χ0) is 19.9. The Morgan fingerprint density at radius 3 is 2.79 bits per heavy atom. The van der Waals surface area contributed by atoms with Crippen LogP contribution >= 0.6 is 11.3 Å². The Labute approximate surface area is 163 Å². The van der Waals surface area contributed by atoms with E-state index in [4.69, 9.17) is 0 Å². The minimum atomic E-state index is -4.50. The van der Waals surface area contributed by atoms with E-state index in [0.717, 1.165) is 27.4 Å². The largest absolute Gasteiger partial charge is 0.406 e. The molecule has 1 aromatic carbocycles. The van der Waals surface area contributed by atoms with E-state index in [1.807, 2.05) is 6.92 Å². The number of aromatic nitrogens is 3. The van der Waals surface area contributed by atoms with Crippen molar-refractivity contribution < 1.29 is 13.2 Å². The van der Waals surface area contributed by atoms with Crippen molar-refractivity contribution in [1.29, 1.82) is 0 Å². The zero-order valence-corrected chi connectivity index (χ0v) is 16.1. The van der Waals surface area contributed by atoms with Crippen molar-refractivity contribution in [2.75, 3.05) is 6.54 Å². The monoisotopic (exact) mass is 408 g/mol. The second-order valence-electron chi connectivity index (χ2n) is 6.97. The number of nitrogens with zero attached hydrogens (tertiary/aromatic N) is 4. The maximum absolute atomic E-state index is 13.2. The first-order chi connectivity index (χ1) is 13.3. The first-order valence-electron chi connectivity index (χ1n) is 9.03. The molecule has 1 saturated heterocycles. The third kappa shape index (κ3) is 3.81. The third-order valence-corrected chi connectivity index (χ3v) is 5.82. The maximum atomic E-state index is 13.2. The standard InChI is InChI=1S/C19H19F3N4OS/c1-12-23-9-13(28-12)10-25-8-4-7-16(25)17-24-15-6-3-2-5-14(15)18(27)26(17)11-19(20,21)22/h2-3,5-6,9,16H,4,7-8,10-11H2,1H3. The van der Waals surface area contributed by atoms with Gasteiger partial charge in [-0.25, -0.2) is 9.97 Å². The highest BCUT2D eigenvalue weighted by Gasteiger charge is 2.35. The highest BCUT2D eigenvalue weighted by molar-refractivity contribution is 7.11. The van der Waals surface area contributed by atoms with E-state index in [1.165, 1.54) is 6.07 Å². The van der Waals surface area contributed by atoms with Gasteiger partial charge in [0.15, 0.2) is 0 Å². The van der Waals surface area contributed by atoms with Crippen molar-refractivity contribution in [2.45, 2.75) is 45.1 Å². The summed E-state index contributed by atoms with van der Waals surface area (Å²) in [6.07, 6.45) is -1.19. The van der Waals surface area contributed by atoms with Crippen LogP contribution in [0.2, 0.25) is 0 Å². The lowest BCUT2D eigenvalue weighted by Crippen LogP contribution is -2.35. The molecule has 0 saturated carbocycles. The molecular weight excluding hydrogens is 389 g/mol. The second kappa shape index (κ2) is 7.29. The average molecular weight is 408 g/mol. The summed E-state index contributed by atoms with van der Waals surface area (Å²) in [6.45, 7) is 1.92. The number of hydrogen-bond acceptors (Lipinski definition) is 5. The number of likely N-dealkylation sites (tertiary alicyclic amines) is 1. The van der Waals surface area contributed by atoms with Crippen LogP contribution in [0.25, 0.3) is 10.9 Å². The quantitative estimate of drug-likeness (QED) is 0.653. The molecule has 0 amide bonds. The normalized spacial score (nSPS) is 18.2. The number of hydrogen-bond donors (Lipinski definition) is 0. The van der Waals surface area contributed by atoms with Gasteiger partial charge in [-0.2, -0.15) is 13.2 Å². The fourth-order valence-electron chi connectivity index (χ4n) is 3.76. The number of thiazole rings is 1. The van der Waals surface area contributed by atoms with Crippen LogP contribution in [-0.2, 0) is 13.1 Å². The molecule has 1 unspecified atom stereocenters. The van der Waals surface area contributed by atoms with Gasteiger partial charge in [-0.3, -0.25) is 14.3 Å². The van der Waals surface area contributed by atoms with Gasteiger partial charge in [0.1, 0.15) is 12.4 Å². The Bertz CT molecular complexity index is 1060. The van der Waals surface area contributed by atoms with Crippen LogP contribution in [0.5, 0.6) is 0 Å². The molecule has 0 aliphatic carbocycles. The molecule has 5 nitrogen and oxygen atoms in total. The maximum Gasteiger partial charge on any atom is 0.406 e. The Morgan fingerprint density at radius 1 is 1.29 bits per heavy atom. The molecule has 1 aliphatic heterocycles. The predicted molar refractivity (Wildman–Crippen MR) is 101 cm³/mol. The number of alkyl halides is 3. The van der Waals surface area contributed by atoms with Gasteiger partial charge in [-0.05, 0) is 38.4 Å². The minimum Gasteiger partial charge on any atom is -0.288 e. The number of rotatable bonds is 4. The Morgan fingerprint density at radius 2 is 2.07 bits per heavy atom. The summed E-state index contributed by atoms with van der Waals surface area (Å²) < 4.78 is 40.5. The SMILES string of the molecule is Cc1ncc(CN2CCCC2c2nc3ccccc3c(=O)n2CC(F)(F)F)s1. The molecule has 0 radical (unpaired) electrons. The number of halogens is 3. The van der Waals surface area contributed by atoms with E-state index >= 15 is 0 Å². The summed E-state index contributed by atoms with van der Waals surface area (Å²) in [5.74, 6) is 0.194. The lowest BCUT2D eigenvalue weighted by Gasteiger charge is -2.26. The molecule has 148 valence electrons. The van der Waals surface area contributed by atoms with Gasteiger partial charge in [0, 0.05) is 17.6 Å². The molecule has 3 heterocycles. The van der Waals surface area contributed by atoms with Crippen LogP contribution < -0.4 is 5.56 Å². The Kier molecular flexibility index (Phi) is 4.96. The van der Waals surface area contributed by atoms with Gasteiger partial charge >= 0.3 is 6.18 Å². The lowest BCUT2D eigenvalue weighted by molar-refractivity contribution is -0.142. The number of benzene rings is 1. The summed E-state index contributed by atoms with van der Waals surface area (Å²) in [7, 11) is 0. The minimum absolute atomic E-state index is 0.194. The van der Waals surface area contributed by atoms with Crippen LogP contribution in [0, 0.1) is 6.92 Å². The van der Waals surface area contributed by atoms with E-state index in [2.05, 4.69) is 14.9 Å². The van der Waals surface area contributed by atoms with Crippen molar-refractivity contribution in [3.8, 4) is 0 Å². The number of aryl methyl sites for hydroxylation is 1. The first-order valence-corrected chi connectivity index (χ1v) is 9.85. The highest BCUT2D eigenvalue weighted by Crippen LogP contribution is 2.34. The molecule has 0 N–H and O–H groups in total. The summed E-state index contributed by atoms with van der Waals surface area (Å²) in [5.41, 5.74) is -0.209. The molecule has 1 atom stereocenters. The summed E-state index contributed by atoms with van der Waals surface area (Å²) in [6, 6.07) is 6.23. The lowest BCUT2D eigenvalue weighted by atomic mass is 10.1. The van der Waals surface area contributed by atoms with Crippen LogP contribution in [0.1, 0.15) is 34.6 Å². The molecular formula is C19H19F3N4OS. The summed E-state index contributed by atoms with van der Waals surface area (Å²) in [4.78, 5) is 24.8. The molecule has 9 heteroatoms. The molecule has 28 heavy (non-hydrogen) atoms. The fraction of sp³-hybridized carbons (Fsp3) is 0.421. The molecule has 0 bridgehead atoms. The second-order valence-corrected chi connectivity index (χ2v) is 8.29. The van der Waals surface area contributed by atoms with E-state index < -0.39 is 18.3 Å². The van der Waals surface area contributed by atoms with Gasteiger partial charge in [-0.15, -0.1) is 11.3 Å². The van der Waals surface area contributed by atoms with Gasteiger partial charge < -0.3 is 0 Å². The molecule has 0 spiro atoms. The van der Waals surface area contributed by atoms with E-state index in [9.17, 15) is 18.0 Å². The molecule has 3 aromatic rings. The molecule has 1 fully saturated rings. The van der Waals surface area contributed by atoms with Crippen LogP contribution in [0.3, 0.4) is 0 Å². The van der Waals surface area contributed by atoms with Gasteiger partial charge in [0.25, 0.3) is 5.56 Å². The van der Waals surface area contributed by atoms with Gasteiger partial charge in [0.2, 0.25) is 0 Å². The van der Waals surface area contributed by atoms with Crippen molar-refractivity contribution >= 4 is 22.2 Å². The molecule has 4 rings (SSSR count). The first kappa shape index (κ1) is 19.1.